The zero-order chi connectivity index (χ0) is 15.2. The Balaban J connectivity index is 2.08. The number of hydrogen-bond acceptors (Lipinski definition) is 4. The molecule has 2 atom stereocenters. The van der Waals surface area contributed by atoms with E-state index in [1.807, 2.05) is 18.7 Å². The number of nitrogens with one attached hydrogen (secondary N) is 1. The summed E-state index contributed by atoms with van der Waals surface area (Å²) in [5, 5.41) is 3.79. The second-order valence-electron chi connectivity index (χ2n) is 5.35. The Morgan fingerprint density at radius 3 is 3.00 bits per heavy atom. The first kappa shape index (κ1) is 16.0. The lowest BCUT2D eigenvalue weighted by Gasteiger charge is -2.28. The lowest BCUT2D eigenvalue weighted by atomic mass is 9.94. The molecule has 1 fully saturated rings. The predicted octanol–water partition coefficient (Wildman–Crippen LogP) is 3.07. The molecule has 3 N–H and O–H groups in total. The molecular formula is C16H24N2O2S. The van der Waals surface area contributed by atoms with Gasteiger partial charge in [-0.25, -0.2) is 0 Å². The van der Waals surface area contributed by atoms with Crippen molar-refractivity contribution in [2.75, 3.05) is 18.6 Å². The molecule has 2 rings (SSSR count). The van der Waals surface area contributed by atoms with Crippen LogP contribution in [0.1, 0.15) is 43.0 Å². The van der Waals surface area contributed by atoms with Gasteiger partial charge in [-0.1, -0.05) is 12.5 Å². The van der Waals surface area contributed by atoms with Crippen molar-refractivity contribution >= 4 is 23.4 Å². The Morgan fingerprint density at radius 1 is 1.48 bits per heavy atom. The Bertz CT molecular complexity index is 493. The summed E-state index contributed by atoms with van der Waals surface area (Å²) in [6.07, 6.45) is 6.65. The molecule has 1 aromatic rings. The maximum atomic E-state index is 12.5. The van der Waals surface area contributed by atoms with Gasteiger partial charge in [0.2, 0.25) is 0 Å². The van der Waals surface area contributed by atoms with Crippen LogP contribution in [-0.2, 0) is 0 Å². The predicted molar refractivity (Wildman–Crippen MR) is 89.0 cm³/mol. The third kappa shape index (κ3) is 4.06. The molecule has 2 unspecified atom stereocenters. The van der Waals surface area contributed by atoms with E-state index in [1.165, 1.54) is 12.8 Å². The molecule has 0 bridgehead atoms. The minimum absolute atomic E-state index is 0.0856. The molecule has 1 saturated carbocycles. The first-order valence-electron chi connectivity index (χ1n) is 7.50. The molecule has 4 nitrogen and oxygen atoms in total. The molecule has 0 saturated heterocycles. The number of thioether (sulfide) groups is 1. The lowest BCUT2D eigenvalue weighted by molar-refractivity contribution is 0.0925. The molecule has 0 spiro atoms. The molecule has 0 heterocycles. The van der Waals surface area contributed by atoms with Gasteiger partial charge in [0.1, 0.15) is 0 Å². The minimum atomic E-state index is -0.0856. The number of nitrogens with two attached hydrogens (primary N) is 1. The molecule has 5 heteroatoms. The van der Waals surface area contributed by atoms with Crippen molar-refractivity contribution in [1.82, 2.24) is 5.32 Å². The number of hydrogen-bond donors (Lipinski definition) is 2. The fourth-order valence-electron chi connectivity index (χ4n) is 2.79. The van der Waals surface area contributed by atoms with Gasteiger partial charge < -0.3 is 15.8 Å². The van der Waals surface area contributed by atoms with Gasteiger partial charge in [-0.15, -0.1) is 0 Å². The Labute approximate surface area is 130 Å². The average molecular weight is 308 g/mol. The standard InChI is InChI=1S/C16H24N2O2S/c1-3-20-15-13(8-5-9-14(15)17)16(19)18-11-6-4-7-12(10-11)21-2/h5,8-9,11-12H,3-4,6-7,10,17H2,1-2H3,(H,18,19). The quantitative estimate of drug-likeness (QED) is 0.821. The fraction of sp³-hybridized carbons (Fsp3) is 0.562. The highest BCUT2D eigenvalue weighted by Crippen LogP contribution is 2.29. The molecule has 1 aliphatic carbocycles. The highest BCUT2D eigenvalue weighted by Gasteiger charge is 2.24. The number of amides is 1. The molecule has 0 aromatic heterocycles. The van der Waals surface area contributed by atoms with Gasteiger partial charge >= 0.3 is 0 Å². The van der Waals surface area contributed by atoms with Gasteiger partial charge in [0.25, 0.3) is 5.91 Å². The molecule has 1 amide bonds. The van der Waals surface area contributed by atoms with E-state index in [4.69, 9.17) is 10.5 Å². The van der Waals surface area contributed by atoms with Crippen LogP contribution in [0, 0.1) is 0 Å². The third-order valence-corrected chi connectivity index (χ3v) is 4.97. The van der Waals surface area contributed by atoms with Crippen molar-refractivity contribution in [2.45, 2.75) is 43.9 Å². The van der Waals surface area contributed by atoms with Crippen molar-refractivity contribution in [3.8, 4) is 5.75 Å². The Kier molecular flexibility index (Phi) is 5.79. The number of anilines is 1. The summed E-state index contributed by atoms with van der Waals surface area (Å²) in [4.78, 5) is 12.5. The van der Waals surface area contributed by atoms with Gasteiger partial charge in [0.15, 0.2) is 5.75 Å². The monoisotopic (exact) mass is 308 g/mol. The first-order valence-corrected chi connectivity index (χ1v) is 8.79. The first-order chi connectivity index (χ1) is 10.2. The van der Waals surface area contributed by atoms with Crippen molar-refractivity contribution in [2.24, 2.45) is 0 Å². The molecule has 116 valence electrons. The Hall–Kier alpha value is -1.36. The maximum absolute atomic E-state index is 12.5. The second-order valence-corrected chi connectivity index (χ2v) is 6.49. The van der Waals surface area contributed by atoms with Crippen molar-refractivity contribution in [3.63, 3.8) is 0 Å². The number of ether oxygens (including phenoxy) is 1. The van der Waals surface area contributed by atoms with E-state index in [0.29, 0.717) is 28.9 Å². The average Bonchev–Trinajstić information content (AvgIpc) is 2.49. The van der Waals surface area contributed by atoms with Gasteiger partial charge in [-0.3, -0.25) is 4.79 Å². The van der Waals surface area contributed by atoms with Crippen LogP contribution in [0.4, 0.5) is 5.69 Å². The van der Waals surface area contributed by atoms with Gasteiger partial charge in [-0.05, 0) is 44.6 Å². The summed E-state index contributed by atoms with van der Waals surface area (Å²) in [6.45, 7) is 2.38. The summed E-state index contributed by atoms with van der Waals surface area (Å²) < 4.78 is 5.53. The van der Waals surface area contributed by atoms with E-state index >= 15 is 0 Å². The van der Waals surface area contributed by atoms with E-state index in [9.17, 15) is 4.79 Å². The zero-order valence-corrected chi connectivity index (χ0v) is 13.5. The molecule has 21 heavy (non-hydrogen) atoms. The van der Waals surface area contributed by atoms with Crippen LogP contribution in [0.15, 0.2) is 18.2 Å². The van der Waals surface area contributed by atoms with Crippen LogP contribution < -0.4 is 15.8 Å². The molecule has 0 aliphatic heterocycles. The highest BCUT2D eigenvalue weighted by molar-refractivity contribution is 7.99. The van der Waals surface area contributed by atoms with Crippen molar-refractivity contribution in [1.29, 1.82) is 0 Å². The topological polar surface area (TPSA) is 64.3 Å². The smallest absolute Gasteiger partial charge is 0.255 e. The van der Waals surface area contributed by atoms with E-state index in [1.54, 1.807) is 18.2 Å². The zero-order valence-electron chi connectivity index (χ0n) is 12.7. The lowest BCUT2D eigenvalue weighted by Crippen LogP contribution is -2.39. The minimum Gasteiger partial charge on any atom is -0.491 e. The number of carbonyl (C=O) groups is 1. The number of rotatable bonds is 5. The summed E-state index contributed by atoms with van der Waals surface area (Å²) in [5.41, 5.74) is 6.95. The van der Waals surface area contributed by atoms with Crippen LogP contribution in [0.2, 0.25) is 0 Å². The molecule has 1 aromatic carbocycles. The number of carbonyl (C=O) groups excluding carboxylic acids is 1. The molecule has 1 aliphatic rings. The van der Waals surface area contributed by atoms with Crippen LogP contribution in [0.3, 0.4) is 0 Å². The Morgan fingerprint density at radius 2 is 2.29 bits per heavy atom. The highest BCUT2D eigenvalue weighted by atomic mass is 32.2. The van der Waals surface area contributed by atoms with E-state index in [0.717, 1.165) is 12.8 Å². The fourth-order valence-corrected chi connectivity index (χ4v) is 3.62. The largest absolute Gasteiger partial charge is 0.491 e. The van der Waals surface area contributed by atoms with E-state index < -0.39 is 0 Å². The van der Waals surface area contributed by atoms with Gasteiger partial charge in [-0.2, -0.15) is 11.8 Å². The van der Waals surface area contributed by atoms with Gasteiger partial charge in [0.05, 0.1) is 17.9 Å². The SMILES string of the molecule is CCOc1c(N)cccc1C(=O)NC1CCCC(SC)C1. The van der Waals surface area contributed by atoms with Crippen LogP contribution in [0.25, 0.3) is 0 Å². The summed E-state index contributed by atoms with van der Waals surface area (Å²) in [6, 6.07) is 5.57. The molecular weight excluding hydrogens is 284 g/mol. The van der Waals surface area contributed by atoms with Crippen molar-refractivity contribution < 1.29 is 9.53 Å². The number of benzene rings is 1. The third-order valence-electron chi connectivity index (χ3n) is 3.87. The van der Waals surface area contributed by atoms with Crippen molar-refractivity contribution in [3.05, 3.63) is 23.8 Å². The molecule has 0 radical (unpaired) electrons. The maximum Gasteiger partial charge on any atom is 0.255 e. The second kappa shape index (κ2) is 7.59. The normalized spacial score (nSPS) is 21.8. The van der Waals surface area contributed by atoms with E-state index in [-0.39, 0.29) is 11.9 Å². The van der Waals surface area contributed by atoms with Crippen LogP contribution >= 0.6 is 11.8 Å². The van der Waals surface area contributed by atoms with Gasteiger partial charge in [0, 0.05) is 11.3 Å². The summed E-state index contributed by atoms with van der Waals surface area (Å²) >= 11 is 1.89. The number of para-hydroxylation sites is 1. The van der Waals surface area contributed by atoms with Crippen LogP contribution in [0.5, 0.6) is 5.75 Å². The summed E-state index contributed by atoms with van der Waals surface area (Å²) in [7, 11) is 0. The van der Waals surface area contributed by atoms with Crippen LogP contribution in [-0.4, -0.2) is 30.1 Å². The summed E-state index contributed by atoms with van der Waals surface area (Å²) in [5.74, 6) is 0.409. The van der Waals surface area contributed by atoms with E-state index in [2.05, 4.69) is 11.6 Å². The number of nitrogen functional groups attached to an aromatic ring is 1.